The van der Waals surface area contributed by atoms with E-state index in [9.17, 15) is 9.59 Å². The van der Waals surface area contributed by atoms with Gasteiger partial charge in [-0.25, -0.2) is 0 Å². The first-order valence-corrected chi connectivity index (χ1v) is 11.0. The number of thioether (sulfide) groups is 1. The molecule has 158 valence electrons. The Morgan fingerprint density at radius 2 is 2.00 bits per heavy atom. The number of likely N-dealkylation sites (N-methyl/N-ethyl adjacent to an activating group) is 1. The molecule has 7 heteroatoms. The number of ether oxygens (including phenoxy) is 2. The molecule has 0 bridgehead atoms. The fourth-order valence-electron chi connectivity index (χ4n) is 3.09. The third kappa shape index (κ3) is 4.99. The molecular weight excluding hydrogens is 422 g/mol. The maximum Gasteiger partial charge on any atom is 0.262 e. The van der Waals surface area contributed by atoms with E-state index < -0.39 is 6.10 Å². The molecule has 0 aliphatic carbocycles. The van der Waals surface area contributed by atoms with Crippen LogP contribution in [-0.2, 0) is 4.79 Å². The molecule has 0 aromatic heterocycles. The van der Waals surface area contributed by atoms with Crippen LogP contribution in [0.3, 0.4) is 0 Å². The lowest BCUT2D eigenvalue weighted by Gasteiger charge is -2.20. The van der Waals surface area contributed by atoms with E-state index in [1.165, 1.54) is 4.90 Å². The molecule has 0 radical (unpaired) electrons. The molecule has 1 atom stereocenters. The molecule has 2 aromatic rings. The number of hydrogen-bond donors (Lipinski definition) is 0. The van der Waals surface area contributed by atoms with E-state index in [1.807, 2.05) is 31.2 Å². The summed E-state index contributed by atoms with van der Waals surface area (Å²) < 4.78 is 11.5. The van der Waals surface area contributed by atoms with Crippen LogP contribution < -0.4 is 9.47 Å². The molecule has 30 heavy (non-hydrogen) atoms. The Kier molecular flexibility index (Phi) is 7.10. The molecule has 5 nitrogen and oxygen atoms in total. The van der Waals surface area contributed by atoms with Gasteiger partial charge in [-0.15, -0.1) is 11.8 Å². The minimum atomic E-state index is -0.638. The maximum absolute atomic E-state index is 12.9. The number of carbonyl (C=O) groups excluding carboxylic acids is 2. The van der Waals surface area contributed by atoms with Crippen LogP contribution in [0.25, 0.3) is 6.08 Å². The summed E-state index contributed by atoms with van der Waals surface area (Å²) in [5.74, 6) is 1.46. The van der Waals surface area contributed by atoms with E-state index in [4.69, 9.17) is 21.1 Å². The first kappa shape index (κ1) is 22.2. The third-order valence-electron chi connectivity index (χ3n) is 4.56. The van der Waals surface area contributed by atoms with Gasteiger partial charge in [0.25, 0.3) is 5.91 Å². The zero-order chi connectivity index (χ0) is 21.8. The molecule has 0 saturated carbocycles. The minimum Gasteiger partial charge on any atom is -0.490 e. The molecule has 1 aliphatic heterocycles. The summed E-state index contributed by atoms with van der Waals surface area (Å²) in [5.41, 5.74) is 2.15. The number of benzene rings is 2. The summed E-state index contributed by atoms with van der Waals surface area (Å²) in [5, 5.41) is 0.547. The highest BCUT2D eigenvalue weighted by molar-refractivity contribution is 7.99. The number of halogens is 1. The largest absolute Gasteiger partial charge is 0.490 e. The zero-order valence-corrected chi connectivity index (χ0v) is 19.0. The Labute approximate surface area is 186 Å². The van der Waals surface area contributed by atoms with Gasteiger partial charge < -0.3 is 14.4 Å². The molecule has 1 heterocycles. The van der Waals surface area contributed by atoms with Crippen molar-refractivity contribution in [3.63, 3.8) is 0 Å². The Bertz CT molecular complexity index is 1000. The summed E-state index contributed by atoms with van der Waals surface area (Å²) in [6.45, 7) is 4.03. The van der Waals surface area contributed by atoms with Gasteiger partial charge in [0, 0.05) is 40.9 Å². The van der Waals surface area contributed by atoms with Crippen molar-refractivity contribution >= 4 is 41.1 Å². The summed E-state index contributed by atoms with van der Waals surface area (Å²) in [6, 6.07) is 10.8. The van der Waals surface area contributed by atoms with Gasteiger partial charge in [-0.05, 0) is 55.8 Å². The van der Waals surface area contributed by atoms with Crippen molar-refractivity contribution in [3.8, 4) is 11.5 Å². The van der Waals surface area contributed by atoms with Crippen molar-refractivity contribution in [2.24, 2.45) is 0 Å². The molecule has 2 aromatic carbocycles. The van der Waals surface area contributed by atoms with Crippen LogP contribution in [0.1, 0.15) is 29.8 Å². The number of Topliss-reactive ketones (excluding diaryl/α,β-unsaturated/α-hetero) is 1. The first-order chi connectivity index (χ1) is 14.3. The second-order valence-electron chi connectivity index (χ2n) is 7.06. The lowest BCUT2D eigenvalue weighted by Crippen LogP contribution is -2.35. The fourth-order valence-corrected chi connectivity index (χ4v) is 4.26. The summed E-state index contributed by atoms with van der Waals surface area (Å²) >= 11 is 7.68. The van der Waals surface area contributed by atoms with Gasteiger partial charge in [0.05, 0.1) is 6.61 Å². The van der Waals surface area contributed by atoms with Crippen molar-refractivity contribution in [1.29, 1.82) is 0 Å². The van der Waals surface area contributed by atoms with Gasteiger partial charge in [0.1, 0.15) is 0 Å². The average molecular weight is 446 g/mol. The Balaban J connectivity index is 1.87. The lowest BCUT2D eigenvalue weighted by molar-refractivity contribution is -0.135. The van der Waals surface area contributed by atoms with Gasteiger partial charge in [-0.1, -0.05) is 17.7 Å². The number of carbonyl (C=O) groups is 2. The SMILES string of the molecule is CCOc1cc(/C=C2\CSc3ccc(Cl)cc3C2=O)ccc1OC(C)C(=O)N(C)C. The Morgan fingerprint density at radius 3 is 2.70 bits per heavy atom. The quantitative estimate of drug-likeness (QED) is 0.588. The summed E-state index contributed by atoms with van der Waals surface area (Å²) in [4.78, 5) is 27.4. The standard InChI is InChI=1S/C23H24ClNO4S/c1-5-28-20-11-15(6-8-19(20)29-14(2)23(27)25(3)4)10-16-13-30-21-9-7-17(24)12-18(21)22(16)26/h6-12,14H,5,13H2,1-4H3/b16-10+. The number of ketones is 1. The second kappa shape index (κ2) is 9.58. The van der Waals surface area contributed by atoms with Crippen molar-refractivity contribution < 1.29 is 19.1 Å². The molecule has 0 fully saturated rings. The molecule has 0 N–H and O–H groups in total. The highest BCUT2D eigenvalue weighted by Gasteiger charge is 2.23. The van der Waals surface area contributed by atoms with Gasteiger partial charge >= 0.3 is 0 Å². The second-order valence-corrected chi connectivity index (χ2v) is 8.51. The number of nitrogens with zero attached hydrogens (tertiary/aromatic N) is 1. The van der Waals surface area contributed by atoms with E-state index in [0.717, 1.165) is 10.5 Å². The van der Waals surface area contributed by atoms with Crippen molar-refractivity contribution in [1.82, 2.24) is 4.90 Å². The fraction of sp³-hybridized carbons (Fsp3) is 0.304. The van der Waals surface area contributed by atoms with Crippen LogP contribution in [0, 0.1) is 0 Å². The molecular formula is C23H24ClNO4S. The van der Waals surface area contributed by atoms with Crippen LogP contribution in [0.4, 0.5) is 0 Å². The number of hydrogen-bond acceptors (Lipinski definition) is 5. The van der Waals surface area contributed by atoms with Gasteiger partial charge in [0.15, 0.2) is 23.4 Å². The van der Waals surface area contributed by atoms with Gasteiger partial charge in [0.2, 0.25) is 0 Å². The molecule has 1 aliphatic rings. The van der Waals surface area contributed by atoms with E-state index in [1.54, 1.807) is 51.0 Å². The first-order valence-electron chi connectivity index (χ1n) is 9.62. The van der Waals surface area contributed by atoms with E-state index in [-0.39, 0.29) is 11.7 Å². The monoisotopic (exact) mass is 445 g/mol. The van der Waals surface area contributed by atoms with Crippen molar-refractivity contribution in [2.45, 2.75) is 24.8 Å². The molecule has 1 amide bonds. The Morgan fingerprint density at radius 1 is 1.23 bits per heavy atom. The zero-order valence-electron chi connectivity index (χ0n) is 17.4. The van der Waals surface area contributed by atoms with E-state index in [0.29, 0.717) is 40.0 Å². The van der Waals surface area contributed by atoms with Crippen LogP contribution >= 0.6 is 23.4 Å². The molecule has 3 rings (SSSR count). The Hall–Kier alpha value is -2.44. The van der Waals surface area contributed by atoms with E-state index >= 15 is 0 Å². The van der Waals surface area contributed by atoms with Crippen LogP contribution in [0.15, 0.2) is 46.9 Å². The topological polar surface area (TPSA) is 55.8 Å². The highest BCUT2D eigenvalue weighted by atomic mass is 35.5. The van der Waals surface area contributed by atoms with Gasteiger partial charge in [-0.2, -0.15) is 0 Å². The normalized spacial score (nSPS) is 15.5. The maximum atomic E-state index is 12.9. The molecule has 0 spiro atoms. The van der Waals surface area contributed by atoms with Crippen LogP contribution in [-0.4, -0.2) is 49.1 Å². The van der Waals surface area contributed by atoms with Crippen LogP contribution in [0.2, 0.25) is 5.02 Å². The average Bonchev–Trinajstić information content (AvgIpc) is 2.71. The number of fused-ring (bicyclic) bond motifs is 1. The van der Waals surface area contributed by atoms with Crippen molar-refractivity contribution in [2.75, 3.05) is 26.5 Å². The minimum absolute atomic E-state index is 0.0188. The summed E-state index contributed by atoms with van der Waals surface area (Å²) in [6.07, 6.45) is 1.22. The van der Waals surface area contributed by atoms with Gasteiger partial charge in [-0.3, -0.25) is 9.59 Å². The van der Waals surface area contributed by atoms with Crippen LogP contribution in [0.5, 0.6) is 11.5 Å². The third-order valence-corrected chi connectivity index (χ3v) is 5.92. The van der Waals surface area contributed by atoms with E-state index in [2.05, 4.69) is 0 Å². The molecule has 1 unspecified atom stereocenters. The predicted octanol–water partition coefficient (Wildman–Crippen LogP) is 4.97. The smallest absolute Gasteiger partial charge is 0.262 e. The van der Waals surface area contributed by atoms with Crippen molar-refractivity contribution in [3.05, 3.63) is 58.1 Å². The number of rotatable bonds is 6. The predicted molar refractivity (Wildman–Crippen MR) is 121 cm³/mol. The lowest BCUT2D eigenvalue weighted by atomic mass is 10.0. The summed E-state index contributed by atoms with van der Waals surface area (Å²) in [7, 11) is 3.37. The molecule has 0 saturated heterocycles. The highest BCUT2D eigenvalue weighted by Crippen LogP contribution is 2.36. The number of amides is 1.